The lowest BCUT2D eigenvalue weighted by Crippen LogP contribution is -2.43. The minimum absolute atomic E-state index is 0.00112. The number of fused-ring (bicyclic) bond motifs is 1. The summed E-state index contributed by atoms with van der Waals surface area (Å²) in [7, 11) is -3.87. The number of aromatic hydroxyl groups is 2. The predicted octanol–water partition coefficient (Wildman–Crippen LogP) is 2.73. The highest BCUT2D eigenvalue weighted by Gasteiger charge is 2.40. The summed E-state index contributed by atoms with van der Waals surface area (Å²) >= 11 is 0. The number of nitrogens with zero attached hydrogens (tertiary/aromatic N) is 1. The average Bonchev–Trinajstić information content (AvgIpc) is 2.55. The molecule has 0 aliphatic carbocycles. The molecule has 1 heterocycles. The van der Waals surface area contributed by atoms with Crippen LogP contribution in [-0.2, 0) is 10.0 Å². The molecule has 25 heavy (non-hydrogen) atoms. The van der Waals surface area contributed by atoms with Gasteiger partial charge < -0.3 is 10.2 Å². The number of phenolic OH excluding ortho intramolecular Hbond substituents is 2. The molecule has 0 fully saturated rings. The maximum Gasteiger partial charge on any atom is 0.265 e. The van der Waals surface area contributed by atoms with Crippen LogP contribution in [0.5, 0.6) is 11.5 Å². The van der Waals surface area contributed by atoms with Crippen LogP contribution in [0, 0.1) is 0 Å². The first-order valence-electron chi connectivity index (χ1n) is 7.65. The Kier molecular flexibility index (Phi) is 4.04. The molecule has 0 atom stereocenters. The molecule has 0 unspecified atom stereocenters. The Morgan fingerprint density at radius 1 is 1.04 bits per heavy atom. The topological polar surface area (TPSA) is 94.9 Å². The first-order valence-corrected chi connectivity index (χ1v) is 9.09. The van der Waals surface area contributed by atoms with E-state index in [4.69, 9.17) is 0 Å². The Labute approximate surface area is 145 Å². The van der Waals surface area contributed by atoms with Gasteiger partial charge in [-0.1, -0.05) is 18.2 Å². The van der Waals surface area contributed by atoms with Crippen molar-refractivity contribution in [1.29, 1.82) is 0 Å². The van der Waals surface area contributed by atoms with Crippen molar-refractivity contribution >= 4 is 21.9 Å². The molecule has 0 radical (unpaired) electrons. The largest absolute Gasteiger partial charge is 0.504 e. The summed E-state index contributed by atoms with van der Waals surface area (Å²) in [6, 6.07) is 9.64. The molecule has 1 aliphatic heterocycles. The van der Waals surface area contributed by atoms with Crippen molar-refractivity contribution in [3.63, 3.8) is 0 Å². The van der Waals surface area contributed by atoms with Gasteiger partial charge in [-0.05, 0) is 49.8 Å². The third kappa shape index (κ3) is 2.76. The van der Waals surface area contributed by atoms with E-state index < -0.39 is 21.8 Å². The van der Waals surface area contributed by atoms with E-state index in [1.807, 2.05) is 0 Å². The highest BCUT2D eigenvalue weighted by Crippen LogP contribution is 2.35. The molecular weight excluding hydrogens is 342 g/mol. The summed E-state index contributed by atoms with van der Waals surface area (Å²) in [5.41, 5.74) is 0.520. The zero-order valence-corrected chi connectivity index (χ0v) is 14.5. The Balaban J connectivity index is 2.25. The van der Waals surface area contributed by atoms with Gasteiger partial charge in [0.15, 0.2) is 11.5 Å². The second kappa shape index (κ2) is 5.93. The number of phenols is 2. The molecule has 7 heteroatoms. The van der Waals surface area contributed by atoms with E-state index in [1.165, 1.54) is 36.4 Å². The van der Waals surface area contributed by atoms with Crippen molar-refractivity contribution in [2.45, 2.75) is 24.8 Å². The highest BCUT2D eigenvalue weighted by molar-refractivity contribution is 7.89. The van der Waals surface area contributed by atoms with E-state index in [-0.39, 0.29) is 27.7 Å². The normalized spacial score (nSPS) is 17.8. The second-order valence-corrected chi connectivity index (χ2v) is 7.78. The standard InChI is InChI=1S/C18H17NO5S/c1-11(2)19-14(9-12-7-8-15(20)16(21)10-12)18(22)13-5-3-4-6-17(13)25(19,23)24/h3-11,20-21H,1-2H3. The summed E-state index contributed by atoms with van der Waals surface area (Å²) in [4.78, 5) is 12.9. The van der Waals surface area contributed by atoms with E-state index in [1.54, 1.807) is 26.0 Å². The maximum absolute atomic E-state index is 13.0. The Morgan fingerprint density at radius 3 is 2.36 bits per heavy atom. The summed E-state index contributed by atoms with van der Waals surface area (Å²) in [5.74, 6) is -1.06. The minimum Gasteiger partial charge on any atom is -0.504 e. The monoisotopic (exact) mass is 359 g/mol. The van der Waals surface area contributed by atoms with Crippen molar-refractivity contribution < 1.29 is 23.4 Å². The smallest absolute Gasteiger partial charge is 0.265 e. The Bertz CT molecular complexity index is 992. The fourth-order valence-electron chi connectivity index (χ4n) is 2.83. The van der Waals surface area contributed by atoms with Gasteiger partial charge in [0.1, 0.15) is 5.70 Å². The molecule has 0 spiro atoms. The Morgan fingerprint density at radius 2 is 1.72 bits per heavy atom. The minimum atomic E-state index is -3.87. The van der Waals surface area contributed by atoms with E-state index in [9.17, 15) is 23.4 Å². The van der Waals surface area contributed by atoms with E-state index >= 15 is 0 Å². The molecule has 2 aromatic carbocycles. The molecule has 2 aromatic rings. The predicted molar refractivity (Wildman–Crippen MR) is 92.7 cm³/mol. The van der Waals surface area contributed by atoms with Crippen LogP contribution in [0.2, 0.25) is 0 Å². The molecule has 130 valence electrons. The molecule has 0 saturated heterocycles. The van der Waals surface area contributed by atoms with Crippen LogP contribution in [0.15, 0.2) is 53.1 Å². The highest BCUT2D eigenvalue weighted by atomic mass is 32.2. The van der Waals surface area contributed by atoms with Crippen LogP contribution in [0.25, 0.3) is 6.08 Å². The van der Waals surface area contributed by atoms with E-state index in [0.717, 1.165) is 4.31 Å². The van der Waals surface area contributed by atoms with Gasteiger partial charge in [0.05, 0.1) is 4.90 Å². The van der Waals surface area contributed by atoms with Crippen molar-refractivity contribution in [2.24, 2.45) is 0 Å². The van der Waals surface area contributed by atoms with Crippen LogP contribution in [-0.4, -0.2) is 34.8 Å². The van der Waals surface area contributed by atoms with Crippen LogP contribution in [0.4, 0.5) is 0 Å². The summed E-state index contributed by atoms with van der Waals surface area (Å²) in [6.45, 7) is 3.36. The lowest BCUT2D eigenvalue weighted by Gasteiger charge is -2.34. The molecule has 1 aliphatic rings. The number of sulfonamides is 1. The number of ketones is 1. The number of rotatable bonds is 2. The van der Waals surface area contributed by atoms with Crippen LogP contribution in [0.3, 0.4) is 0 Å². The van der Waals surface area contributed by atoms with Crippen molar-refractivity contribution in [3.8, 4) is 11.5 Å². The van der Waals surface area contributed by atoms with Gasteiger partial charge in [-0.25, -0.2) is 8.42 Å². The average molecular weight is 359 g/mol. The molecule has 0 aromatic heterocycles. The van der Waals surface area contributed by atoms with Gasteiger partial charge in [0.2, 0.25) is 5.78 Å². The molecular formula is C18H17NO5S. The van der Waals surface area contributed by atoms with Crippen LogP contribution >= 0.6 is 0 Å². The third-order valence-corrected chi connectivity index (χ3v) is 5.96. The third-order valence-electron chi connectivity index (χ3n) is 3.91. The number of carbonyl (C=O) groups excluding carboxylic acids is 1. The number of benzene rings is 2. The molecule has 0 amide bonds. The number of Topliss-reactive ketones (excluding diaryl/α,β-unsaturated/α-hetero) is 1. The maximum atomic E-state index is 13.0. The van der Waals surface area contributed by atoms with Gasteiger partial charge in [-0.3, -0.25) is 9.10 Å². The first-order chi connectivity index (χ1) is 11.7. The van der Waals surface area contributed by atoms with Gasteiger partial charge in [0.25, 0.3) is 10.0 Å². The van der Waals surface area contributed by atoms with Gasteiger partial charge in [-0.15, -0.1) is 0 Å². The molecule has 0 saturated carbocycles. The van der Waals surface area contributed by atoms with Crippen molar-refractivity contribution in [3.05, 3.63) is 59.3 Å². The summed E-state index contributed by atoms with van der Waals surface area (Å²) in [6.07, 6.45) is 1.40. The molecule has 3 rings (SSSR count). The fraction of sp³-hybridized carbons (Fsp3) is 0.167. The number of hydrogen-bond donors (Lipinski definition) is 2. The Hall–Kier alpha value is -2.80. The van der Waals surface area contributed by atoms with Crippen molar-refractivity contribution in [2.75, 3.05) is 0 Å². The van der Waals surface area contributed by atoms with Crippen LogP contribution < -0.4 is 0 Å². The second-order valence-electron chi connectivity index (χ2n) is 6.00. The molecule has 0 bridgehead atoms. The van der Waals surface area contributed by atoms with Crippen molar-refractivity contribution in [1.82, 2.24) is 4.31 Å². The number of allylic oxidation sites excluding steroid dienone is 1. The van der Waals surface area contributed by atoms with Crippen LogP contribution in [0.1, 0.15) is 29.8 Å². The molecule has 6 nitrogen and oxygen atoms in total. The first kappa shape index (κ1) is 17.0. The van der Waals surface area contributed by atoms with Gasteiger partial charge in [0, 0.05) is 11.6 Å². The number of carbonyl (C=O) groups is 1. The number of hydrogen-bond acceptors (Lipinski definition) is 5. The summed E-state index contributed by atoms with van der Waals surface area (Å²) in [5, 5.41) is 19.0. The lowest BCUT2D eigenvalue weighted by atomic mass is 10.0. The SMILES string of the molecule is CC(C)N1C(=Cc2ccc(O)c(O)c2)C(=O)c2ccccc2S1(=O)=O. The zero-order chi connectivity index (χ0) is 18.4. The van der Waals surface area contributed by atoms with E-state index in [0.29, 0.717) is 5.56 Å². The lowest BCUT2D eigenvalue weighted by molar-refractivity contribution is 0.0996. The fourth-order valence-corrected chi connectivity index (χ4v) is 4.68. The van der Waals surface area contributed by atoms with Gasteiger partial charge >= 0.3 is 0 Å². The quantitative estimate of drug-likeness (QED) is 0.635. The molecule has 2 N–H and O–H groups in total. The summed E-state index contributed by atoms with van der Waals surface area (Å²) < 4.78 is 27.0. The van der Waals surface area contributed by atoms with Gasteiger partial charge in [-0.2, -0.15) is 0 Å². The van der Waals surface area contributed by atoms with E-state index in [2.05, 4.69) is 0 Å². The zero-order valence-electron chi connectivity index (χ0n) is 13.7.